The van der Waals surface area contributed by atoms with E-state index in [4.69, 9.17) is 11.6 Å². The van der Waals surface area contributed by atoms with Gasteiger partial charge in [0.1, 0.15) is 0 Å². The number of halogens is 2. The Labute approximate surface area is 122 Å². The van der Waals surface area contributed by atoms with Crippen LogP contribution in [-0.2, 0) is 6.54 Å². The first-order chi connectivity index (χ1) is 8.58. The zero-order valence-corrected chi connectivity index (χ0v) is 12.1. The van der Waals surface area contributed by atoms with Crippen molar-refractivity contribution < 1.29 is 4.79 Å². The second kappa shape index (κ2) is 5.62. The van der Waals surface area contributed by atoms with Crippen molar-refractivity contribution >= 4 is 40.0 Å². The van der Waals surface area contributed by atoms with Gasteiger partial charge in [-0.1, -0.05) is 23.7 Å². The van der Waals surface area contributed by atoms with Gasteiger partial charge in [0.05, 0.1) is 16.4 Å². The minimum absolute atomic E-state index is 0.0387. The third-order valence-corrected chi connectivity index (χ3v) is 3.29. The predicted octanol–water partition coefficient (Wildman–Crippen LogP) is 2.38. The van der Waals surface area contributed by atoms with Crippen LogP contribution in [0, 0.1) is 3.57 Å². The number of hydrogen-bond donors (Lipinski definition) is 0. The second-order valence-electron chi connectivity index (χ2n) is 3.61. The minimum atomic E-state index is -0.221. The minimum Gasteiger partial charge on any atom is -0.292 e. The SMILES string of the molecule is O=C(Cn1cncc(I)c1=O)c1cccc(Cl)c1. The van der Waals surface area contributed by atoms with Gasteiger partial charge in [0.25, 0.3) is 5.56 Å². The first-order valence-electron chi connectivity index (χ1n) is 5.06. The lowest BCUT2D eigenvalue weighted by Crippen LogP contribution is -2.26. The number of rotatable bonds is 3. The standard InChI is InChI=1S/C12H8ClIN2O2/c13-9-3-1-2-8(4-9)11(17)6-16-7-15-5-10(14)12(16)18/h1-5,7H,6H2. The molecule has 0 fully saturated rings. The molecule has 6 heteroatoms. The van der Waals surface area contributed by atoms with Gasteiger partial charge in [-0.3, -0.25) is 14.2 Å². The topological polar surface area (TPSA) is 52.0 Å². The molecule has 0 spiro atoms. The summed E-state index contributed by atoms with van der Waals surface area (Å²) in [4.78, 5) is 27.6. The van der Waals surface area contributed by atoms with Crippen molar-refractivity contribution in [2.75, 3.05) is 0 Å². The van der Waals surface area contributed by atoms with Crippen molar-refractivity contribution in [3.8, 4) is 0 Å². The predicted molar refractivity (Wildman–Crippen MR) is 77.0 cm³/mol. The molecule has 0 atom stereocenters. The Bertz CT molecular complexity index is 655. The lowest BCUT2D eigenvalue weighted by molar-refractivity contribution is 0.0970. The molecule has 92 valence electrons. The maximum Gasteiger partial charge on any atom is 0.267 e. The summed E-state index contributed by atoms with van der Waals surface area (Å²) in [5.41, 5.74) is 0.259. The largest absolute Gasteiger partial charge is 0.292 e. The monoisotopic (exact) mass is 374 g/mol. The first-order valence-corrected chi connectivity index (χ1v) is 6.52. The molecule has 0 aliphatic heterocycles. The fourth-order valence-corrected chi connectivity index (χ4v) is 2.11. The highest BCUT2D eigenvalue weighted by Crippen LogP contribution is 2.11. The van der Waals surface area contributed by atoms with Crippen molar-refractivity contribution in [3.05, 3.63) is 61.3 Å². The lowest BCUT2D eigenvalue weighted by Gasteiger charge is -2.05. The molecule has 0 amide bonds. The molecule has 0 N–H and O–H groups in total. The number of ketones is 1. The Hall–Kier alpha value is -1.21. The van der Waals surface area contributed by atoms with Crippen LogP contribution < -0.4 is 5.56 Å². The summed E-state index contributed by atoms with van der Waals surface area (Å²) >= 11 is 7.70. The van der Waals surface area contributed by atoms with E-state index in [9.17, 15) is 9.59 Å². The number of carbonyl (C=O) groups excluding carboxylic acids is 1. The molecule has 0 radical (unpaired) electrons. The molecule has 2 aromatic rings. The van der Waals surface area contributed by atoms with E-state index in [1.807, 2.05) is 22.6 Å². The van der Waals surface area contributed by atoms with E-state index in [1.54, 1.807) is 24.3 Å². The molecule has 2 rings (SSSR count). The van der Waals surface area contributed by atoms with Crippen LogP contribution >= 0.6 is 34.2 Å². The smallest absolute Gasteiger partial charge is 0.267 e. The van der Waals surface area contributed by atoms with Gasteiger partial charge >= 0.3 is 0 Å². The normalized spacial score (nSPS) is 10.3. The molecule has 1 aromatic heterocycles. The van der Waals surface area contributed by atoms with Crippen LogP contribution in [0.4, 0.5) is 0 Å². The van der Waals surface area contributed by atoms with Gasteiger partial charge in [0, 0.05) is 16.8 Å². The molecular weight excluding hydrogens is 367 g/mol. The Morgan fingerprint density at radius 3 is 2.94 bits per heavy atom. The number of aromatic nitrogens is 2. The molecule has 18 heavy (non-hydrogen) atoms. The third-order valence-electron chi connectivity index (χ3n) is 2.32. The third kappa shape index (κ3) is 2.97. The summed E-state index contributed by atoms with van der Waals surface area (Å²) < 4.78 is 1.76. The summed E-state index contributed by atoms with van der Waals surface area (Å²) in [6.07, 6.45) is 2.82. The van der Waals surface area contributed by atoms with Crippen LogP contribution in [0.2, 0.25) is 5.02 Å². The highest BCUT2D eigenvalue weighted by Gasteiger charge is 2.09. The molecule has 1 aromatic carbocycles. The Kier molecular flexibility index (Phi) is 4.13. The summed E-state index contributed by atoms with van der Waals surface area (Å²) in [7, 11) is 0. The number of nitrogens with zero attached hydrogens (tertiary/aromatic N) is 2. The van der Waals surface area contributed by atoms with E-state index in [-0.39, 0.29) is 17.9 Å². The number of hydrogen-bond acceptors (Lipinski definition) is 3. The number of carbonyl (C=O) groups is 1. The van der Waals surface area contributed by atoms with E-state index in [0.717, 1.165) is 0 Å². The van der Waals surface area contributed by atoms with Gasteiger partial charge in [0.15, 0.2) is 5.78 Å². The first kappa shape index (κ1) is 13.2. The van der Waals surface area contributed by atoms with Crippen molar-refractivity contribution in [2.24, 2.45) is 0 Å². The van der Waals surface area contributed by atoms with Gasteiger partial charge in [-0.2, -0.15) is 0 Å². The van der Waals surface area contributed by atoms with Crippen LogP contribution in [0.5, 0.6) is 0 Å². The molecule has 4 nitrogen and oxygen atoms in total. The van der Waals surface area contributed by atoms with E-state index in [0.29, 0.717) is 14.2 Å². The maximum atomic E-state index is 12.0. The highest BCUT2D eigenvalue weighted by molar-refractivity contribution is 14.1. The average Bonchev–Trinajstić information content (AvgIpc) is 2.35. The van der Waals surface area contributed by atoms with E-state index < -0.39 is 0 Å². The van der Waals surface area contributed by atoms with Crippen LogP contribution in [0.15, 0.2) is 41.6 Å². The van der Waals surface area contributed by atoms with Gasteiger partial charge < -0.3 is 0 Å². The van der Waals surface area contributed by atoms with E-state index in [1.165, 1.54) is 17.1 Å². The molecule has 0 aliphatic carbocycles. The van der Waals surface area contributed by atoms with Crippen LogP contribution in [0.3, 0.4) is 0 Å². The zero-order valence-electron chi connectivity index (χ0n) is 9.14. The molecule has 0 saturated heterocycles. The van der Waals surface area contributed by atoms with Crippen LogP contribution in [-0.4, -0.2) is 15.3 Å². The fourth-order valence-electron chi connectivity index (χ4n) is 1.44. The second-order valence-corrected chi connectivity index (χ2v) is 5.21. The van der Waals surface area contributed by atoms with Gasteiger partial charge in [0.2, 0.25) is 0 Å². The maximum absolute atomic E-state index is 12.0. The average molecular weight is 375 g/mol. The van der Waals surface area contributed by atoms with Gasteiger partial charge in [-0.25, -0.2) is 4.98 Å². The quantitative estimate of drug-likeness (QED) is 0.612. The van der Waals surface area contributed by atoms with Gasteiger partial charge in [-0.05, 0) is 34.7 Å². The van der Waals surface area contributed by atoms with Gasteiger partial charge in [-0.15, -0.1) is 0 Å². The molecule has 0 bridgehead atoms. The summed E-state index contributed by atoms with van der Waals surface area (Å²) in [6, 6.07) is 6.64. The molecule has 0 aliphatic rings. The van der Waals surface area contributed by atoms with Crippen molar-refractivity contribution in [1.82, 2.24) is 9.55 Å². The molecular formula is C12H8ClIN2O2. The summed E-state index contributed by atoms with van der Waals surface area (Å²) in [5.74, 6) is -0.177. The molecule has 1 heterocycles. The Morgan fingerprint density at radius 2 is 2.22 bits per heavy atom. The Morgan fingerprint density at radius 1 is 1.44 bits per heavy atom. The van der Waals surface area contributed by atoms with Crippen molar-refractivity contribution in [3.63, 3.8) is 0 Å². The molecule has 0 saturated carbocycles. The number of Topliss-reactive ketones (excluding diaryl/α,β-unsaturated/α-hetero) is 1. The highest BCUT2D eigenvalue weighted by atomic mass is 127. The van der Waals surface area contributed by atoms with E-state index >= 15 is 0 Å². The van der Waals surface area contributed by atoms with Crippen molar-refractivity contribution in [1.29, 1.82) is 0 Å². The lowest BCUT2D eigenvalue weighted by atomic mass is 10.1. The molecule has 0 unspecified atom stereocenters. The number of benzene rings is 1. The van der Waals surface area contributed by atoms with Crippen LogP contribution in [0.25, 0.3) is 0 Å². The fraction of sp³-hybridized carbons (Fsp3) is 0.0833. The Balaban J connectivity index is 2.27. The van der Waals surface area contributed by atoms with E-state index in [2.05, 4.69) is 4.98 Å². The zero-order chi connectivity index (χ0) is 13.1. The van der Waals surface area contributed by atoms with Crippen molar-refractivity contribution in [2.45, 2.75) is 6.54 Å². The summed E-state index contributed by atoms with van der Waals surface area (Å²) in [5, 5.41) is 0.494. The van der Waals surface area contributed by atoms with Crippen LogP contribution in [0.1, 0.15) is 10.4 Å². The summed E-state index contributed by atoms with van der Waals surface area (Å²) in [6.45, 7) is -0.0387.